The molecule has 100 valence electrons. The van der Waals surface area contributed by atoms with E-state index in [0.717, 1.165) is 16.0 Å². The van der Waals surface area contributed by atoms with Gasteiger partial charge in [-0.2, -0.15) is 11.8 Å². The van der Waals surface area contributed by atoms with Crippen LogP contribution in [0.1, 0.15) is 6.92 Å². The molecule has 1 unspecified atom stereocenters. The van der Waals surface area contributed by atoms with E-state index in [4.69, 9.17) is 0 Å². The van der Waals surface area contributed by atoms with Crippen molar-refractivity contribution in [2.24, 2.45) is 0 Å². The molecule has 0 aromatic carbocycles. The Kier molecular flexibility index (Phi) is 4.55. The number of nitrogens with zero attached hydrogens (tertiary/aromatic N) is 2. The topological polar surface area (TPSA) is 50.3 Å². The van der Waals surface area contributed by atoms with Crippen molar-refractivity contribution in [2.45, 2.75) is 12.3 Å². The zero-order valence-electron chi connectivity index (χ0n) is 10.0. The van der Waals surface area contributed by atoms with E-state index in [1.807, 2.05) is 17.0 Å². The van der Waals surface area contributed by atoms with Gasteiger partial charge in [0.15, 0.2) is 9.84 Å². The summed E-state index contributed by atoms with van der Waals surface area (Å²) in [6.45, 7) is 2.41. The summed E-state index contributed by atoms with van der Waals surface area (Å²) >= 11 is 5.13. The largest absolute Gasteiger partial charge is 0.337 e. The third-order valence-electron chi connectivity index (χ3n) is 2.91. The molecule has 0 radical (unpaired) electrons. The van der Waals surface area contributed by atoms with Gasteiger partial charge in [0.2, 0.25) is 0 Å². The molecule has 1 fully saturated rings. The van der Waals surface area contributed by atoms with Crippen LogP contribution in [0.5, 0.6) is 0 Å². The fraction of sp³-hybridized carbons (Fsp3) is 0.545. The van der Waals surface area contributed by atoms with Gasteiger partial charge in [-0.25, -0.2) is 13.4 Å². The Bertz CT molecular complexity index is 522. The smallest absolute Gasteiger partial charge is 0.171 e. The first kappa shape index (κ1) is 14.1. The van der Waals surface area contributed by atoms with Crippen molar-refractivity contribution in [3.8, 4) is 0 Å². The molecule has 0 aliphatic carbocycles. The summed E-state index contributed by atoms with van der Waals surface area (Å²) < 4.78 is 25.1. The molecule has 2 heterocycles. The lowest BCUT2D eigenvalue weighted by molar-refractivity contribution is 0.578. The molecule has 1 saturated heterocycles. The number of thioether (sulfide) groups is 1. The number of rotatable bonds is 3. The van der Waals surface area contributed by atoms with Gasteiger partial charge in [-0.3, -0.25) is 0 Å². The molecule has 4 nitrogen and oxygen atoms in total. The number of hydrogen-bond donors (Lipinski definition) is 0. The third kappa shape index (κ3) is 2.83. The minimum absolute atomic E-state index is 0.166. The summed E-state index contributed by atoms with van der Waals surface area (Å²) in [5.74, 6) is 2.43. The average Bonchev–Trinajstić information content (AvgIpc) is 2.39. The van der Waals surface area contributed by atoms with Gasteiger partial charge < -0.3 is 4.90 Å². The highest BCUT2D eigenvalue weighted by atomic mass is 79.9. The van der Waals surface area contributed by atoms with Gasteiger partial charge in [0, 0.05) is 30.0 Å². The quantitative estimate of drug-likeness (QED) is 0.835. The van der Waals surface area contributed by atoms with E-state index < -0.39 is 15.2 Å². The van der Waals surface area contributed by atoms with Gasteiger partial charge in [-0.1, -0.05) is 6.92 Å². The van der Waals surface area contributed by atoms with Gasteiger partial charge in [0.05, 0.1) is 4.47 Å². The van der Waals surface area contributed by atoms with Crippen LogP contribution in [0.4, 0.5) is 5.82 Å². The van der Waals surface area contributed by atoms with Crippen LogP contribution in [0.2, 0.25) is 0 Å². The summed E-state index contributed by atoms with van der Waals surface area (Å²) in [6, 6.07) is 3.72. The van der Waals surface area contributed by atoms with Crippen molar-refractivity contribution >= 4 is 43.3 Å². The molecule has 1 aliphatic rings. The minimum Gasteiger partial charge on any atom is -0.337 e. The molecule has 2 rings (SSSR count). The lowest BCUT2D eigenvalue weighted by Gasteiger charge is -2.35. The zero-order valence-corrected chi connectivity index (χ0v) is 13.3. The molecule has 18 heavy (non-hydrogen) atoms. The van der Waals surface area contributed by atoms with E-state index >= 15 is 0 Å². The van der Waals surface area contributed by atoms with Gasteiger partial charge in [-0.05, 0) is 28.1 Å². The molecule has 1 aromatic heterocycles. The number of aromatic nitrogens is 1. The molecule has 1 aliphatic heterocycles. The highest BCUT2D eigenvalue weighted by Gasteiger charge is 2.34. The first-order valence-electron chi connectivity index (χ1n) is 5.72. The Balaban J connectivity index is 2.38. The van der Waals surface area contributed by atoms with E-state index in [2.05, 4.69) is 20.9 Å². The average molecular weight is 351 g/mol. The van der Waals surface area contributed by atoms with Crippen molar-refractivity contribution in [3.63, 3.8) is 0 Å². The molecular formula is C11H15BrN2O2S2. The Morgan fingerprint density at radius 3 is 3.06 bits per heavy atom. The summed E-state index contributed by atoms with van der Waals surface area (Å²) in [4.78, 5) is 6.21. The molecule has 0 spiro atoms. The van der Waals surface area contributed by atoms with Gasteiger partial charge in [0.1, 0.15) is 11.2 Å². The summed E-state index contributed by atoms with van der Waals surface area (Å²) in [7, 11) is -3.09. The van der Waals surface area contributed by atoms with E-state index in [9.17, 15) is 8.42 Å². The molecular weight excluding hydrogens is 336 g/mol. The third-order valence-corrected chi connectivity index (χ3v) is 6.82. The normalized spacial score (nSPS) is 21.0. The van der Waals surface area contributed by atoms with Gasteiger partial charge in [-0.15, -0.1) is 0 Å². The van der Waals surface area contributed by atoms with Crippen molar-refractivity contribution < 1.29 is 8.42 Å². The fourth-order valence-corrected chi connectivity index (χ4v) is 5.35. The molecule has 0 bridgehead atoms. The number of halogens is 1. The van der Waals surface area contributed by atoms with Crippen LogP contribution in [-0.2, 0) is 9.84 Å². The maximum atomic E-state index is 12.2. The SMILES string of the molecule is CCS(=O)(=O)C1CSCCN1c1ncccc1Br. The van der Waals surface area contributed by atoms with E-state index in [1.54, 1.807) is 24.9 Å². The number of pyridine rings is 1. The Labute approximate surface area is 120 Å². The van der Waals surface area contributed by atoms with E-state index in [-0.39, 0.29) is 5.75 Å². The lowest BCUT2D eigenvalue weighted by Crippen LogP contribution is -2.48. The lowest BCUT2D eigenvalue weighted by atomic mass is 10.4. The van der Waals surface area contributed by atoms with Crippen LogP contribution in [0.15, 0.2) is 22.8 Å². The van der Waals surface area contributed by atoms with Crippen molar-refractivity contribution in [2.75, 3.05) is 28.7 Å². The first-order chi connectivity index (χ1) is 8.56. The van der Waals surface area contributed by atoms with Crippen LogP contribution >= 0.6 is 27.7 Å². The maximum Gasteiger partial charge on any atom is 0.171 e. The number of sulfone groups is 1. The Morgan fingerprint density at radius 2 is 2.39 bits per heavy atom. The standard InChI is InChI=1S/C11H15BrN2O2S2/c1-2-18(15,16)10-8-17-7-6-14(10)11-9(12)4-3-5-13-11/h3-5,10H,2,6-8H2,1H3. The molecule has 0 N–H and O–H groups in total. The van der Waals surface area contributed by atoms with Crippen molar-refractivity contribution in [1.82, 2.24) is 4.98 Å². The second kappa shape index (κ2) is 5.79. The fourth-order valence-electron chi connectivity index (χ4n) is 1.90. The van der Waals surface area contributed by atoms with Crippen LogP contribution in [0.25, 0.3) is 0 Å². The summed E-state index contributed by atoms with van der Waals surface area (Å²) in [5, 5.41) is -0.465. The monoisotopic (exact) mass is 350 g/mol. The van der Waals surface area contributed by atoms with Crippen molar-refractivity contribution in [3.05, 3.63) is 22.8 Å². The predicted molar refractivity (Wildman–Crippen MR) is 79.9 cm³/mol. The van der Waals surface area contributed by atoms with Crippen LogP contribution in [0.3, 0.4) is 0 Å². The van der Waals surface area contributed by atoms with Crippen LogP contribution in [0, 0.1) is 0 Å². The van der Waals surface area contributed by atoms with E-state index in [0.29, 0.717) is 12.3 Å². The number of anilines is 1. The van der Waals surface area contributed by atoms with Crippen LogP contribution in [-0.4, -0.2) is 42.6 Å². The summed E-state index contributed by atoms with van der Waals surface area (Å²) in [6.07, 6.45) is 1.69. The zero-order chi connectivity index (χ0) is 13.2. The highest BCUT2D eigenvalue weighted by Crippen LogP contribution is 2.30. The summed E-state index contributed by atoms with van der Waals surface area (Å²) in [5.41, 5.74) is 0. The molecule has 1 atom stereocenters. The second-order valence-electron chi connectivity index (χ2n) is 3.98. The predicted octanol–water partition coefficient (Wildman–Crippen LogP) is 2.16. The number of hydrogen-bond acceptors (Lipinski definition) is 5. The maximum absolute atomic E-state index is 12.2. The van der Waals surface area contributed by atoms with Crippen molar-refractivity contribution in [1.29, 1.82) is 0 Å². The van der Waals surface area contributed by atoms with Gasteiger partial charge >= 0.3 is 0 Å². The first-order valence-corrected chi connectivity index (χ1v) is 9.39. The molecule has 7 heteroatoms. The Morgan fingerprint density at radius 1 is 1.61 bits per heavy atom. The van der Waals surface area contributed by atoms with E-state index in [1.165, 1.54) is 0 Å². The van der Waals surface area contributed by atoms with Gasteiger partial charge in [0.25, 0.3) is 0 Å². The molecule has 0 amide bonds. The Hall–Kier alpha value is -0.270. The second-order valence-corrected chi connectivity index (χ2v) is 8.43. The highest BCUT2D eigenvalue weighted by molar-refractivity contribution is 9.10. The molecule has 0 saturated carbocycles. The molecule has 1 aromatic rings. The van der Waals surface area contributed by atoms with Crippen LogP contribution < -0.4 is 4.90 Å². The minimum atomic E-state index is -3.09.